The topological polar surface area (TPSA) is 50.7 Å². The van der Waals surface area contributed by atoms with E-state index in [0.29, 0.717) is 6.42 Å². The number of hydrogen-bond acceptors (Lipinski definition) is 4. The molecule has 1 N–H and O–H groups in total. The lowest BCUT2D eigenvalue weighted by atomic mass is 9.67. The molecule has 34 heavy (non-hydrogen) atoms. The summed E-state index contributed by atoms with van der Waals surface area (Å²) in [5.74, 6) is 0.498. The fourth-order valence-electron chi connectivity index (χ4n) is 4.35. The van der Waals surface area contributed by atoms with Crippen LogP contribution in [-0.4, -0.2) is 15.0 Å². The van der Waals surface area contributed by atoms with Crippen molar-refractivity contribution in [2.75, 3.05) is 5.32 Å². The number of aromatic nitrogens is 3. The lowest BCUT2D eigenvalue weighted by molar-refractivity contribution is 0.596. The van der Waals surface area contributed by atoms with Crippen molar-refractivity contribution in [1.82, 2.24) is 15.0 Å². The van der Waals surface area contributed by atoms with Gasteiger partial charge >= 0.3 is 0 Å². The normalized spacial score (nSPS) is 11.2. The number of nitrogens with zero attached hydrogens (tertiary/aromatic N) is 3. The lowest BCUT2D eigenvalue weighted by Gasteiger charge is -2.35. The molecule has 0 fully saturated rings. The fourth-order valence-corrected chi connectivity index (χ4v) is 4.35. The van der Waals surface area contributed by atoms with Crippen LogP contribution in [0.25, 0.3) is 0 Å². The molecule has 0 atom stereocenters. The molecule has 0 aliphatic rings. The van der Waals surface area contributed by atoms with Gasteiger partial charge in [-0.3, -0.25) is 9.97 Å². The molecule has 3 heterocycles. The summed E-state index contributed by atoms with van der Waals surface area (Å²) in [4.78, 5) is 13.5. The van der Waals surface area contributed by atoms with Gasteiger partial charge in [-0.25, -0.2) is 9.37 Å². The molecule has 4 nitrogen and oxygen atoms in total. The molecule has 5 heteroatoms. The molecule has 166 valence electrons. The standard InChI is InChI=1S/C29H23FN4/c30-26-13-11-23(12-14-26)29(24-6-4-16-31-20-24,25-7-5-17-32-21-25)18-22-10-15-28(33-19-22)34-27-8-2-1-3-9-27/h1-17,19-21H,18H2,(H,33,34). The lowest BCUT2D eigenvalue weighted by Crippen LogP contribution is -2.32. The van der Waals surface area contributed by atoms with Crippen LogP contribution < -0.4 is 5.32 Å². The summed E-state index contributed by atoms with van der Waals surface area (Å²) in [5, 5.41) is 3.32. The van der Waals surface area contributed by atoms with Gasteiger partial charge in [-0.15, -0.1) is 0 Å². The number of rotatable bonds is 7. The van der Waals surface area contributed by atoms with Gasteiger partial charge < -0.3 is 5.32 Å². The Morgan fingerprint density at radius 2 is 1.32 bits per heavy atom. The Labute approximate surface area is 198 Å². The molecular weight excluding hydrogens is 423 g/mol. The van der Waals surface area contributed by atoms with E-state index in [4.69, 9.17) is 0 Å². The molecule has 0 aliphatic heterocycles. The highest BCUT2D eigenvalue weighted by Crippen LogP contribution is 2.41. The van der Waals surface area contributed by atoms with Crippen molar-refractivity contribution >= 4 is 11.5 Å². The molecule has 0 spiro atoms. The summed E-state index contributed by atoms with van der Waals surface area (Å²) < 4.78 is 13.9. The Morgan fingerprint density at radius 1 is 0.647 bits per heavy atom. The summed E-state index contributed by atoms with van der Waals surface area (Å²) in [6.07, 6.45) is 9.75. The molecule has 0 saturated carbocycles. The Hall–Kier alpha value is -4.38. The molecule has 0 saturated heterocycles. The molecule has 5 rings (SSSR count). The summed E-state index contributed by atoms with van der Waals surface area (Å²) in [6, 6.07) is 28.6. The maximum atomic E-state index is 13.9. The molecule has 0 amide bonds. The zero-order chi connectivity index (χ0) is 23.2. The van der Waals surface area contributed by atoms with E-state index >= 15 is 0 Å². The van der Waals surface area contributed by atoms with Crippen LogP contribution in [-0.2, 0) is 11.8 Å². The maximum absolute atomic E-state index is 13.9. The predicted octanol–water partition coefficient (Wildman–Crippen LogP) is 6.33. The number of anilines is 2. The molecule has 0 aliphatic carbocycles. The van der Waals surface area contributed by atoms with Crippen LogP contribution in [0.4, 0.5) is 15.9 Å². The van der Waals surface area contributed by atoms with Crippen LogP contribution in [0.5, 0.6) is 0 Å². The molecular formula is C29H23FN4. The third-order valence-corrected chi connectivity index (χ3v) is 5.99. The van der Waals surface area contributed by atoms with E-state index in [1.54, 1.807) is 12.4 Å². The monoisotopic (exact) mass is 446 g/mol. The van der Waals surface area contributed by atoms with Gasteiger partial charge in [0.05, 0.1) is 5.41 Å². The first-order valence-electron chi connectivity index (χ1n) is 11.1. The number of nitrogens with one attached hydrogen (secondary N) is 1. The van der Waals surface area contributed by atoms with Crippen molar-refractivity contribution in [3.8, 4) is 0 Å². The summed E-state index contributed by atoms with van der Waals surface area (Å²) in [7, 11) is 0. The van der Waals surface area contributed by atoms with Crippen molar-refractivity contribution in [2.45, 2.75) is 11.8 Å². The highest BCUT2D eigenvalue weighted by atomic mass is 19.1. The average molecular weight is 447 g/mol. The third-order valence-electron chi connectivity index (χ3n) is 5.99. The van der Waals surface area contributed by atoms with Gasteiger partial charge in [-0.05, 0) is 71.1 Å². The Morgan fingerprint density at radius 3 is 1.88 bits per heavy atom. The van der Waals surface area contributed by atoms with Crippen LogP contribution in [0.3, 0.4) is 0 Å². The van der Waals surface area contributed by atoms with Crippen molar-refractivity contribution in [1.29, 1.82) is 0 Å². The highest BCUT2D eigenvalue weighted by molar-refractivity contribution is 5.56. The largest absolute Gasteiger partial charge is 0.340 e. The van der Waals surface area contributed by atoms with Gasteiger partial charge in [0.15, 0.2) is 0 Å². The maximum Gasteiger partial charge on any atom is 0.130 e. The Balaban J connectivity index is 1.59. The zero-order valence-corrected chi connectivity index (χ0v) is 18.5. The van der Waals surface area contributed by atoms with E-state index in [9.17, 15) is 4.39 Å². The molecule has 0 radical (unpaired) electrons. The molecule has 5 aromatic rings. The summed E-state index contributed by atoms with van der Waals surface area (Å²) in [5.41, 5.74) is 4.36. The quantitative estimate of drug-likeness (QED) is 0.317. The van der Waals surface area contributed by atoms with Crippen LogP contribution in [0, 0.1) is 5.82 Å². The third kappa shape index (κ3) is 4.41. The van der Waals surface area contributed by atoms with Crippen molar-refractivity contribution in [2.24, 2.45) is 0 Å². The predicted molar refractivity (Wildman–Crippen MR) is 132 cm³/mol. The summed E-state index contributed by atoms with van der Waals surface area (Å²) in [6.45, 7) is 0. The van der Waals surface area contributed by atoms with Gasteiger partial charge in [0.1, 0.15) is 11.6 Å². The number of benzene rings is 2. The minimum Gasteiger partial charge on any atom is -0.340 e. The smallest absolute Gasteiger partial charge is 0.130 e. The molecule has 0 unspecified atom stereocenters. The van der Waals surface area contributed by atoms with Crippen LogP contribution in [0.2, 0.25) is 0 Å². The second-order valence-corrected chi connectivity index (χ2v) is 8.12. The molecule has 2 aromatic carbocycles. The zero-order valence-electron chi connectivity index (χ0n) is 18.5. The van der Waals surface area contributed by atoms with Crippen molar-refractivity contribution in [3.63, 3.8) is 0 Å². The van der Waals surface area contributed by atoms with Crippen LogP contribution >= 0.6 is 0 Å². The minimum absolute atomic E-state index is 0.270. The van der Waals surface area contributed by atoms with E-state index < -0.39 is 5.41 Å². The van der Waals surface area contributed by atoms with E-state index in [-0.39, 0.29) is 5.82 Å². The van der Waals surface area contributed by atoms with Crippen LogP contribution in [0.15, 0.2) is 122 Å². The minimum atomic E-state index is -0.619. The van der Waals surface area contributed by atoms with Gasteiger partial charge in [0, 0.05) is 36.7 Å². The van der Waals surface area contributed by atoms with Crippen LogP contribution in [0.1, 0.15) is 22.3 Å². The molecule has 3 aromatic heterocycles. The highest BCUT2D eigenvalue weighted by Gasteiger charge is 2.37. The van der Waals surface area contributed by atoms with E-state index in [2.05, 4.69) is 38.5 Å². The number of halogens is 1. The summed E-state index contributed by atoms with van der Waals surface area (Å²) >= 11 is 0. The second-order valence-electron chi connectivity index (χ2n) is 8.12. The van der Waals surface area contributed by atoms with E-state index in [1.165, 1.54) is 12.1 Å². The van der Waals surface area contributed by atoms with Gasteiger partial charge in [0.25, 0.3) is 0 Å². The fraction of sp³-hybridized carbons (Fsp3) is 0.0690. The van der Waals surface area contributed by atoms with E-state index in [1.807, 2.05) is 79.3 Å². The number of para-hydroxylation sites is 1. The first-order valence-corrected chi connectivity index (χ1v) is 11.1. The Kier molecular flexibility index (Phi) is 6.08. The van der Waals surface area contributed by atoms with Gasteiger partial charge in [-0.2, -0.15) is 0 Å². The Bertz CT molecular complexity index is 1280. The first kappa shape index (κ1) is 21.5. The first-order chi connectivity index (χ1) is 16.7. The number of pyridine rings is 3. The average Bonchev–Trinajstić information content (AvgIpc) is 2.90. The molecule has 0 bridgehead atoms. The SMILES string of the molecule is Fc1ccc(C(Cc2ccc(Nc3ccccc3)nc2)(c2cccnc2)c2cccnc2)cc1. The van der Waals surface area contributed by atoms with Crippen molar-refractivity contribution in [3.05, 3.63) is 150 Å². The van der Waals surface area contributed by atoms with Gasteiger partial charge in [-0.1, -0.05) is 48.5 Å². The van der Waals surface area contributed by atoms with Crippen molar-refractivity contribution < 1.29 is 4.39 Å². The van der Waals surface area contributed by atoms with Gasteiger partial charge in [0.2, 0.25) is 0 Å². The van der Waals surface area contributed by atoms with E-state index in [0.717, 1.165) is 33.8 Å². The second kappa shape index (κ2) is 9.63. The number of hydrogen-bond donors (Lipinski definition) is 1.